The second kappa shape index (κ2) is 9.56. The number of benzene rings is 1. The topological polar surface area (TPSA) is 103 Å². The van der Waals surface area contributed by atoms with E-state index in [1.54, 1.807) is 36.5 Å². The van der Waals surface area contributed by atoms with E-state index in [1.165, 1.54) is 30.9 Å². The van der Waals surface area contributed by atoms with Crippen LogP contribution in [-0.4, -0.2) is 35.2 Å². The predicted molar refractivity (Wildman–Crippen MR) is 108 cm³/mol. The molecule has 1 aromatic carbocycles. The van der Waals surface area contributed by atoms with Crippen LogP contribution < -0.4 is 14.9 Å². The van der Waals surface area contributed by atoms with Crippen molar-refractivity contribution in [3.8, 4) is 11.5 Å². The highest BCUT2D eigenvalue weighted by Gasteiger charge is 2.13. The Morgan fingerprint density at radius 3 is 2.83 bits per heavy atom. The van der Waals surface area contributed by atoms with Crippen LogP contribution in [0.3, 0.4) is 0 Å². The third-order valence-corrected chi connectivity index (χ3v) is 4.52. The lowest BCUT2D eigenvalue weighted by molar-refractivity contribution is -0.120. The van der Waals surface area contributed by atoms with Gasteiger partial charge in [0.1, 0.15) is 0 Å². The number of amides is 1. The van der Waals surface area contributed by atoms with Crippen LogP contribution >= 0.6 is 11.3 Å². The van der Waals surface area contributed by atoms with Crippen molar-refractivity contribution in [3.05, 3.63) is 69.9 Å². The van der Waals surface area contributed by atoms with Gasteiger partial charge >= 0.3 is 5.97 Å². The van der Waals surface area contributed by atoms with Crippen molar-refractivity contribution >= 4 is 29.4 Å². The number of methoxy groups -OCH3 is 1. The van der Waals surface area contributed by atoms with Crippen LogP contribution in [0.1, 0.15) is 26.6 Å². The maximum Gasteiger partial charge on any atom is 0.345 e. The first-order valence-corrected chi connectivity index (χ1v) is 9.46. The molecule has 0 saturated heterocycles. The number of ether oxygens (including phenoxy) is 2. The highest BCUT2D eigenvalue weighted by atomic mass is 32.1. The first kappa shape index (κ1) is 20.2. The van der Waals surface area contributed by atoms with Crippen LogP contribution in [0.5, 0.6) is 11.5 Å². The van der Waals surface area contributed by atoms with Crippen LogP contribution in [0, 0.1) is 6.92 Å². The van der Waals surface area contributed by atoms with Gasteiger partial charge in [-0.15, -0.1) is 11.3 Å². The molecule has 8 nitrogen and oxygen atoms in total. The normalized spacial score (nSPS) is 10.7. The fourth-order valence-corrected chi connectivity index (χ4v) is 2.98. The minimum Gasteiger partial charge on any atom is -0.493 e. The summed E-state index contributed by atoms with van der Waals surface area (Å²) >= 11 is 1.49. The van der Waals surface area contributed by atoms with Gasteiger partial charge in [-0.05, 0) is 42.8 Å². The monoisotopic (exact) mass is 410 g/mol. The number of rotatable bonds is 7. The van der Waals surface area contributed by atoms with E-state index in [4.69, 9.17) is 9.47 Å². The van der Waals surface area contributed by atoms with Gasteiger partial charge in [-0.25, -0.2) is 15.2 Å². The van der Waals surface area contributed by atoms with Gasteiger partial charge in [0.05, 0.1) is 36.0 Å². The quantitative estimate of drug-likeness (QED) is 0.278. The van der Waals surface area contributed by atoms with E-state index in [0.29, 0.717) is 22.6 Å². The summed E-state index contributed by atoms with van der Waals surface area (Å²) in [5.41, 5.74) is 4.16. The summed E-state index contributed by atoms with van der Waals surface area (Å²) in [4.78, 5) is 32.2. The summed E-state index contributed by atoms with van der Waals surface area (Å²) in [6.07, 6.45) is 4.63. The molecular weight excluding hydrogens is 392 g/mol. The summed E-state index contributed by atoms with van der Waals surface area (Å²) in [6.45, 7) is 1.88. The molecule has 0 radical (unpaired) electrons. The van der Waals surface area contributed by atoms with Crippen molar-refractivity contribution in [2.75, 3.05) is 7.11 Å². The summed E-state index contributed by atoms with van der Waals surface area (Å²) in [5, 5.41) is 6.69. The standard InChI is InChI=1S/C20H18N4O4S/c1-13-23-16(12-29-13)9-19(25)24-22-10-14-5-6-17(18(8-14)27-2)28-20(26)15-4-3-7-21-11-15/h3-8,10-12H,9H2,1-2H3,(H,24,25)/b22-10-. The molecule has 0 aliphatic carbocycles. The van der Waals surface area contributed by atoms with Gasteiger partial charge < -0.3 is 9.47 Å². The molecule has 148 valence electrons. The fraction of sp³-hybridized carbons (Fsp3) is 0.150. The van der Waals surface area contributed by atoms with Gasteiger partial charge in [-0.3, -0.25) is 9.78 Å². The molecule has 0 bridgehead atoms. The molecule has 0 spiro atoms. The zero-order chi connectivity index (χ0) is 20.6. The highest BCUT2D eigenvalue weighted by Crippen LogP contribution is 2.28. The number of carbonyl (C=O) groups is 2. The molecule has 0 fully saturated rings. The average Bonchev–Trinajstić information content (AvgIpc) is 3.14. The number of carbonyl (C=O) groups excluding carboxylic acids is 2. The fourth-order valence-electron chi connectivity index (χ4n) is 2.36. The van der Waals surface area contributed by atoms with Crippen LogP contribution in [0.25, 0.3) is 0 Å². The van der Waals surface area contributed by atoms with Gasteiger partial charge in [0.25, 0.3) is 0 Å². The van der Waals surface area contributed by atoms with Crippen molar-refractivity contribution in [2.24, 2.45) is 5.10 Å². The van der Waals surface area contributed by atoms with Crippen LogP contribution in [0.4, 0.5) is 0 Å². The number of hydrazone groups is 1. The minimum absolute atomic E-state index is 0.161. The number of hydrogen-bond acceptors (Lipinski definition) is 8. The van der Waals surface area contributed by atoms with Crippen LogP contribution in [0.15, 0.2) is 53.2 Å². The molecule has 3 rings (SSSR count). The molecule has 0 aliphatic rings. The highest BCUT2D eigenvalue weighted by molar-refractivity contribution is 7.09. The summed E-state index contributed by atoms with van der Waals surface area (Å²) in [7, 11) is 1.47. The molecule has 0 unspecified atom stereocenters. The Hall–Kier alpha value is -3.59. The molecule has 1 N–H and O–H groups in total. The molecule has 29 heavy (non-hydrogen) atoms. The molecule has 0 atom stereocenters. The zero-order valence-electron chi connectivity index (χ0n) is 15.8. The Morgan fingerprint density at radius 1 is 1.28 bits per heavy atom. The van der Waals surface area contributed by atoms with Crippen molar-refractivity contribution in [1.82, 2.24) is 15.4 Å². The zero-order valence-corrected chi connectivity index (χ0v) is 16.6. The first-order valence-electron chi connectivity index (χ1n) is 8.58. The summed E-state index contributed by atoms with van der Waals surface area (Å²) in [5.74, 6) is -0.181. The predicted octanol–water partition coefficient (Wildman–Crippen LogP) is 2.77. The van der Waals surface area contributed by atoms with E-state index in [1.807, 2.05) is 12.3 Å². The maximum absolute atomic E-state index is 12.2. The molecule has 2 aromatic heterocycles. The molecule has 9 heteroatoms. The van der Waals surface area contributed by atoms with Gasteiger partial charge in [0.15, 0.2) is 11.5 Å². The summed E-state index contributed by atoms with van der Waals surface area (Å²) < 4.78 is 10.6. The largest absolute Gasteiger partial charge is 0.493 e. The maximum atomic E-state index is 12.2. The van der Waals surface area contributed by atoms with Gasteiger partial charge in [0, 0.05) is 17.8 Å². The van der Waals surface area contributed by atoms with E-state index in [2.05, 4.69) is 20.5 Å². The number of esters is 1. The lowest BCUT2D eigenvalue weighted by Gasteiger charge is -2.09. The Balaban J connectivity index is 1.61. The summed E-state index contributed by atoms with van der Waals surface area (Å²) in [6, 6.07) is 8.18. The van der Waals surface area contributed by atoms with Crippen molar-refractivity contribution < 1.29 is 19.1 Å². The molecule has 2 heterocycles. The number of nitrogens with one attached hydrogen (secondary N) is 1. The Morgan fingerprint density at radius 2 is 2.14 bits per heavy atom. The van der Waals surface area contributed by atoms with E-state index >= 15 is 0 Å². The number of hydrogen-bond donors (Lipinski definition) is 1. The van der Waals surface area contributed by atoms with Crippen molar-refractivity contribution in [3.63, 3.8) is 0 Å². The second-order valence-corrected chi connectivity index (χ2v) is 6.93. The van der Waals surface area contributed by atoms with Gasteiger partial charge in [-0.2, -0.15) is 5.10 Å². The number of thiazole rings is 1. The van der Waals surface area contributed by atoms with Crippen LogP contribution in [-0.2, 0) is 11.2 Å². The van der Waals surface area contributed by atoms with E-state index in [9.17, 15) is 9.59 Å². The molecule has 1 amide bonds. The average molecular weight is 410 g/mol. The Kier molecular flexibility index (Phi) is 6.64. The van der Waals surface area contributed by atoms with E-state index in [0.717, 1.165) is 5.01 Å². The van der Waals surface area contributed by atoms with Crippen LogP contribution in [0.2, 0.25) is 0 Å². The lowest BCUT2D eigenvalue weighted by atomic mass is 10.2. The lowest BCUT2D eigenvalue weighted by Crippen LogP contribution is -2.19. The molecular formula is C20H18N4O4S. The van der Waals surface area contributed by atoms with Crippen molar-refractivity contribution in [1.29, 1.82) is 0 Å². The first-order chi connectivity index (χ1) is 14.0. The van der Waals surface area contributed by atoms with Gasteiger partial charge in [0.2, 0.25) is 5.91 Å². The van der Waals surface area contributed by atoms with Crippen molar-refractivity contribution in [2.45, 2.75) is 13.3 Å². The second-order valence-electron chi connectivity index (χ2n) is 5.87. The molecule has 0 saturated carbocycles. The molecule has 3 aromatic rings. The number of aryl methyl sites for hydroxylation is 1. The third kappa shape index (κ3) is 5.69. The minimum atomic E-state index is -0.539. The number of pyridine rings is 1. The Labute approximate surface area is 171 Å². The molecule has 0 aliphatic heterocycles. The Bertz CT molecular complexity index is 1030. The number of nitrogens with zero attached hydrogens (tertiary/aromatic N) is 3. The smallest absolute Gasteiger partial charge is 0.345 e. The SMILES string of the molecule is COc1cc(/C=N\NC(=O)Cc2csc(C)n2)ccc1OC(=O)c1cccnc1. The van der Waals surface area contributed by atoms with E-state index in [-0.39, 0.29) is 18.1 Å². The number of aromatic nitrogens is 2. The third-order valence-electron chi connectivity index (χ3n) is 3.70. The van der Waals surface area contributed by atoms with Gasteiger partial charge in [-0.1, -0.05) is 0 Å². The van der Waals surface area contributed by atoms with E-state index < -0.39 is 5.97 Å².